The number of phenols is 1. The lowest BCUT2D eigenvalue weighted by Gasteiger charge is -2.19. The first kappa shape index (κ1) is 19.5. The summed E-state index contributed by atoms with van der Waals surface area (Å²) in [4.78, 5) is 24.5. The van der Waals surface area contributed by atoms with E-state index in [0.717, 1.165) is 24.0 Å². The van der Waals surface area contributed by atoms with E-state index < -0.39 is 23.2 Å². The summed E-state index contributed by atoms with van der Waals surface area (Å²) >= 11 is 0. The van der Waals surface area contributed by atoms with E-state index in [-0.39, 0.29) is 18.3 Å². The van der Waals surface area contributed by atoms with Crippen molar-refractivity contribution in [3.05, 3.63) is 64.7 Å². The molecule has 4 rings (SSSR count). The van der Waals surface area contributed by atoms with Gasteiger partial charge in [0.15, 0.2) is 0 Å². The number of fused-ring (bicyclic) bond motifs is 1. The van der Waals surface area contributed by atoms with Crippen molar-refractivity contribution in [1.82, 2.24) is 5.48 Å². The number of nitrogens with one attached hydrogen (secondary N) is 1. The molecular formula is C23H25NO5. The zero-order chi connectivity index (χ0) is 20.6. The Bertz CT molecular complexity index is 956. The maximum atomic E-state index is 12.6. The quantitative estimate of drug-likeness (QED) is 0.397. The molecule has 2 aliphatic carbocycles. The molecule has 3 N–H and O–H groups in total. The van der Waals surface area contributed by atoms with Gasteiger partial charge in [0, 0.05) is 11.5 Å². The minimum atomic E-state index is -0.968. The Morgan fingerprint density at radius 3 is 2.76 bits per heavy atom. The third-order valence-corrected chi connectivity index (χ3v) is 6.30. The summed E-state index contributed by atoms with van der Waals surface area (Å²) in [6.07, 6.45) is 2.55. The average Bonchev–Trinajstić information content (AvgIpc) is 3.30. The van der Waals surface area contributed by atoms with E-state index in [1.165, 1.54) is 11.1 Å². The molecule has 2 aliphatic rings. The van der Waals surface area contributed by atoms with Gasteiger partial charge < -0.3 is 9.84 Å². The molecule has 1 saturated carbocycles. The van der Waals surface area contributed by atoms with Crippen LogP contribution < -0.4 is 5.48 Å². The van der Waals surface area contributed by atoms with Gasteiger partial charge in [-0.1, -0.05) is 36.4 Å². The molecule has 0 aromatic heterocycles. The highest BCUT2D eigenvalue weighted by Gasteiger charge is 2.64. The van der Waals surface area contributed by atoms with E-state index in [2.05, 4.69) is 12.1 Å². The van der Waals surface area contributed by atoms with Crippen LogP contribution in [0, 0.1) is 11.3 Å². The lowest BCUT2D eigenvalue weighted by atomic mass is 9.87. The van der Waals surface area contributed by atoms with Crippen molar-refractivity contribution < 1.29 is 24.6 Å². The van der Waals surface area contributed by atoms with Gasteiger partial charge in [0.1, 0.15) is 5.75 Å². The molecule has 0 aliphatic heterocycles. The Labute approximate surface area is 169 Å². The summed E-state index contributed by atoms with van der Waals surface area (Å²) in [5.41, 5.74) is 4.92. The van der Waals surface area contributed by atoms with Gasteiger partial charge in [-0.3, -0.25) is 14.8 Å². The van der Waals surface area contributed by atoms with Gasteiger partial charge in [0.05, 0.1) is 17.9 Å². The SMILES string of the molecule is CCOC(=O)C1(Cc2ccc(O)c(C3CCc4ccccc43)c2)CC1C(=O)NO. The van der Waals surface area contributed by atoms with Crippen LogP contribution in [0.15, 0.2) is 42.5 Å². The zero-order valence-electron chi connectivity index (χ0n) is 16.4. The number of aromatic hydroxyl groups is 1. The van der Waals surface area contributed by atoms with E-state index >= 15 is 0 Å². The average molecular weight is 395 g/mol. The van der Waals surface area contributed by atoms with E-state index in [9.17, 15) is 14.7 Å². The van der Waals surface area contributed by atoms with Crippen molar-refractivity contribution in [2.24, 2.45) is 11.3 Å². The number of esters is 1. The smallest absolute Gasteiger partial charge is 0.313 e. The number of phenolic OH excluding ortho intramolecular Hbond substituents is 1. The summed E-state index contributed by atoms with van der Waals surface area (Å²) in [5.74, 6) is -1.26. The van der Waals surface area contributed by atoms with E-state index in [1.54, 1.807) is 24.5 Å². The van der Waals surface area contributed by atoms with Gasteiger partial charge >= 0.3 is 5.97 Å². The van der Waals surface area contributed by atoms with Crippen LogP contribution in [-0.2, 0) is 27.2 Å². The number of carbonyl (C=O) groups excluding carboxylic acids is 2. The predicted octanol–water partition coefficient (Wildman–Crippen LogP) is 3.09. The number of rotatable bonds is 6. The Morgan fingerprint density at radius 1 is 1.21 bits per heavy atom. The van der Waals surface area contributed by atoms with Gasteiger partial charge in [0.25, 0.3) is 0 Å². The van der Waals surface area contributed by atoms with Crippen LogP contribution in [0.2, 0.25) is 0 Å². The van der Waals surface area contributed by atoms with Crippen LogP contribution in [-0.4, -0.2) is 28.8 Å². The molecule has 0 spiro atoms. The van der Waals surface area contributed by atoms with Gasteiger partial charge in [0.2, 0.25) is 5.91 Å². The maximum Gasteiger partial charge on any atom is 0.313 e. The van der Waals surface area contributed by atoms with Crippen LogP contribution in [0.25, 0.3) is 0 Å². The standard InChI is InChI=1S/C23H25NO5/c1-2-29-22(27)23(13-19(23)21(26)24-28)12-14-7-10-20(25)18(11-14)17-9-8-15-5-3-4-6-16(15)17/h3-7,10-11,17,19,25,28H,2,8-9,12-13H2,1H3,(H,24,26). The number of aryl methyl sites for hydroxylation is 1. The number of hydrogen-bond acceptors (Lipinski definition) is 5. The highest BCUT2D eigenvalue weighted by Crippen LogP contribution is 2.56. The molecule has 3 atom stereocenters. The van der Waals surface area contributed by atoms with E-state index in [1.807, 2.05) is 18.2 Å². The van der Waals surface area contributed by atoms with Gasteiger partial charge in [-0.25, -0.2) is 5.48 Å². The molecule has 0 saturated heterocycles. The van der Waals surface area contributed by atoms with Crippen molar-refractivity contribution in [3.63, 3.8) is 0 Å². The normalized spacial score (nSPS) is 24.6. The first-order valence-corrected chi connectivity index (χ1v) is 10.0. The second-order valence-electron chi connectivity index (χ2n) is 7.97. The van der Waals surface area contributed by atoms with Crippen molar-refractivity contribution in [1.29, 1.82) is 0 Å². The maximum absolute atomic E-state index is 12.6. The fourth-order valence-corrected chi connectivity index (χ4v) is 4.73. The third-order valence-electron chi connectivity index (χ3n) is 6.30. The highest BCUT2D eigenvalue weighted by atomic mass is 16.5. The number of amides is 1. The molecule has 0 radical (unpaired) electrons. The van der Waals surface area contributed by atoms with E-state index in [4.69, 9.17) is 9.94 Å². The van der Waals surface area contributed by atoms with Crippen molar-refractivity contribution in [3.8, 4) is 5.75 Å². The van der Waals surface area contributed by atoms with Gasteiger partial charge in [-0.2, -0.15) is 0 Å². The molecule has 6 nitrogen and oxygen atoms in total. The van der Waals surface area contributed by atoms with Crippen LogP contribution in [0.3, 0.4) is 0 Å². The monoisotopic (exact) mass is 395 g/mol. The zero-order valence-corrected chi connectivity index (χ0v) is 16.4. The molecule has 2 aromatic rings. The molecule has 152 valence electrons. The fourth-order valence-electron chi connectivity index (χ4n) is 4.73. The second kappa shape index (κ2) is 7.52. The number of hydrogen-bond donors (Lipinski definition) is 3. The van der Waals surface area contributed by atoms with Crippen LogP contribution >= 0.6 is 0 Å². The third kappa shape index (κ3) is 3.38. The number of carbonyl (C=O) groups is 2. The molecule has 29 heavy (non-hydrogen) atoms. The van der Waals surface area contributed by atoms with Crippen molar-refractivity contribution >= 4 is 11.9 Å². The highest BCUT2D eigenvalue weighted by molar-refractivity contribution is 5.93. The molecular weight excluding hydrogens is 370 g/mol. The first-order valence-electron chi connectivity index (χ1n) is 10.0. The summed E-state index contributed by atoms with van der Waals surface area (Å²) < 4.78 is 5.22. The predicted molar refractivity (Wildman–Crippen MR) is 106 cm³/mol. The minimum absolute atomic E-state index is 0.112. The van der Waals surface area contributed by atoms with Crippen molar-refractivity contribution in [2.45, 2.75) is 38.5 Å². The van der Waals surface area contributed by atoms with Gasteiger partial charge in [-0.15, -0.1) is 0 Å². The lowest BCUT2D eigenvalue weighted by Crippen LogP contribution is -2.30. The fraction of sp³-hybridized carbons (Fsp3) is 0.391. The summed E-state index contributed by atoms with van der Waals surface area (Å²) in [6, 6.07) is 13.6. The lowest BCUT2D eigenvalue weighted by molar-refractivity contribution is -0.152. The van der Waals surface area contributed by atoms with Crippen molar-refractivity contribution in [2.75, 3.05) is 6.61 Å². The second-order valence-corrected chi connectivity index (χ2v) is 7.97. The minimum Gasteiger partial charge on any atom is -0.508 e. The summed E-state index contributed by atoms with van der Waals surface area (Å²) in [5, 5.41) is 19.5. The molecule has 1 fully saturated rings. The molecule has 0 bridgehead atoms. The van der Waals surface area contributed by atoms with Crippen LogP contribution in [0.4, 0.5) is 0 Å². The number of benzene rings is 2. The topological polar surface area (TPSA) is 95.9 Å². The number of ether oxygens (including phenoxy) is 1. The molecule has 6 heteroatoms. The number of hydroxylamine groups is 1. The summed E-state index contributed by atoms with van der Waals surface area (Å²) in [6.45, 7) is 1.96. The summed E-state index contributed by atoms with van der Waals surface area (Å²) in [7, 11) is 0. The molecule has 2 aromatic carbocycles. The first-order chi connectivity index (χ1) is 14.0. The molecule has 3 unspecified atom stereocenters. The van der Waals surface area contributed by atoms with E-state index in [0.29, 0.717) is 12.8 Å². The Hall–Kier alpha value is -2.86. The van der Waals surface area contributed by atoms with Crippen LogP contribution in [0.1, 0.15) is 47.9 Å². The Kier molecular flexibility index (Phi) is 5.04. The van der Waals surface area contributed by atoms with Crippen LogP contribution in [0.5, 0.6) is 5.75 Å². The Balaban J connectivity index is 1.64. The van der Waals surface area contributed by atoms with Gasteiger partial charge in [-0.05, 0) is 55.4 Å². The Morgan fingerprint density at radius 2 is 2.00 bits per heavy atom. The largest absolute Gasteiger partial charge is 0.508 e. The molecule has 1 amide bonds. The molecule has 0 heterocycles.